The van der Waals surface area contributed by atoms with Crippen LogP contribution in [-0.2, 0) is 4.79 Å². The zero-order valence-electron chi connectivity index (χ0n) is 16.8. The fourth-order valence-corrected chi connectivity index (χ4v) is 3.22. The van der Waals surface area contributed by atoms with Gasteiger partial charge in [0.15, 0.2) is 0 Å². The highest BCUT2D eigenvalue weighted by Crippen LogP contribution is 2.33. The van der Waals surface area contributed by atoms with Gasteiger partial charge in [0.2, 0.25) is 5.91 Å². The maximum atomic E-state index is 12.8. The molecular weight excluding hydrogens is 350 g/mol. The van der Waals surface area contributed by atoms with E-state index in [1.54, 1.807) is 30.1 Å². The van der Waals surface area contributed by atoms with Gasteiger partial charge >= 0.3 is 0 Å². The highest BCUT2D eigenvalue weighted by molar-refractivity contribution is 6.05. The Labute approximate surface area is 166 Å². The summed E-state index contributed by atoms with van der Waals surface area (Å²) in [5.74, 6) is 0.419. The number of para-hydroxylation sites is 1. The third-order valence-corrected chi connectivity index (χ3v) is 5.28. The van der Waals surface area contributed by atoms with E-state index in [2.05, 4.69) is 31.3 Å². The molecule has 1 aliphatic rings. The predicted molar refractivity (Wildman–Crippen MR) is 112 cm³/mol. The van der Waals surface area contributed by atoms with Crippen LogP contribution in [0.15, 0.2) is 48.5 Å². The molecule has 28 heavy (non-hydrogen) atoms. The monoisotopic (exact) mass is 379 g/mol. The van der Waals surface area contributed by atoms with Crippen LogP contribution in [-0.4, -0.2) is 25.4 Å². The van der Waals surface area contributed by atoms with Gasteiger partial charge in [-0.05, 0) is 42.0 Å². The Balaban J connectivity index is 1.65. The van der Waals surface area contributed by atoms with Gasteiger partial charge in [-0.25, -0.2) is 0 Å². The van der Waals surface area contributed by atoms with E-state index in [1.807, 2.05) is 18.2 Å². The molecule has 3 N–H and O–H groups in total. The minimum absolute atomic E-state index is 0.0715. The van der Waals surface area contributed by atoms with Crippen molar-refractivity contribution < 1.29 is 9.59 Å². The molecule has 148 valence electrons. The summed E-state index contributed by atoms with van der Waals surface area (Å²) in [5.41, 5.74) is 9.63. The molecule has 2 aromatic rings. The number of benzene rings is 2. The van der Waals surface area contributed by atoms with E-state index in [0.29, 0.717) is 23.7 Å². The Hall–Kier alpha value is -2.66. The molecule has 1 saturated carbocycles. The van der Waals surface area contributed by atoms with Crippen LogP contribution in [0.1, 0.15) is 60.1 Å². The Bertz CT molecular complexity index is 841. The van der Waals surface area contributed by atoms with Gasteiger partial charge in [0, 0.05) is 25.6 Å². The number of anilines is 1. The normalized spacial score (nSPS) is 14.6. The van der Waals surface area contributed by atoms with Gasteiger partial charge in [-0.3, -0.25) is 9.59 Å². The van der Waals surface area contributed by atoms with Gasteiger partial charge in [-0.15, -0.1) is 0 Å². The second-order valence-electron chi connectivity index (χ2n) is 7.83. The van der Waals surface area contributed by atoms with E-state index in [1.165, 1.54) is 5.56 Å². The first-order chi connectivity index (χ1) is 13.4. The molecule has 5 heteroatoms. The first-order valence-electron chi connectivity index (χ1n) is 9.88. The number of rotatable bonds is 7. The van der Waals surface area contributed by atoms with Crippen LogP contribution in [0.4, 0.5) is 5.69 Å². The van der Waals surface area contributed by atoms with Crippen molar-refractivity contribution in [3.63, 3.8) is 0 Å². The highest BCUT2D eigenvalue weighted by Gasteiger charge is 2.33. The molecule has 1 atom stereocenters. The van der Waals surface area contributed by atoms with E-state index in [0.717, 1.165) is 18.4 Å². The Morgan fingerprint density at radius 2 is 1.68 bits per heavy atom. The number of nitrogens with zero attached hydrogens (tertiary/aromatic N) is 1. The van der Waals surface area contributed by atoms with E-state index < -0.39 is 0 Å². The number of carbonyl (C=O) groups is 2. The first-order valence-corrected chi connectivity index (χ1v) is 9.88. The van der Waals surface area contributed by atoms with Crippen molar-refractivity contribution in [2.45, 2.75) is 38.6 Å². The first kappa shape index (κ1) is 20.1. The van der Waals surface area contributed by atoms with Crippen LogP contribution in [0.5, 0.6) is 0 Å². The molecule has 0 bridgehead atoms. The Morgan fingerprint density at radius 1 is 1.07 bits per heavy atom. The van der Waals surface area contributed by atoms with Crippen molar-refractivity contribution in [3.8, 4) is 0 Å². The molecular formula is C23H29N3O2. The van der Waals surface area contributed by atoms with Crippen LogP contribution in [0, 0.1) is 5.92 Å². The van der Waals surface area contributed by atoms with Crippen molar-refractivity contribution in [2.24, 2.45) is 11.7 Å². The van der Waals surface area contributed by atoms with E-state index in [4.69, 9.17) is 5.73 Å². The molecule has 3 rings (SSSR count). The minimum Gasteiger partial charge on any atom is -0.350 e. The second kappa shape index (κ2) is 8.57. The smallest absolute Gasteiger partial charge is 0.253 e. The number of nitrogens with two attached hydrogens (primary N) is 1. The maximum absolute atomic E-state index is 12.8. The lowest BCUT2D eigenvalue weighted by atomic mass is 9.99. The molecule has 0 aromatic heterocycles. The van der Waals surface area contributed by atoms with Crippen LogP contribution >= 0.6 is 0 Å². The standard InChI is InChI=1S/C23H29N3O2/c1-15(2)16-8-10-17(11-9-16)20(24)14-25-22(27)19-6-4-5-7-21(19)26(3)23(28)18-12-13-18/h4-11,15,18,20H,12-14,24H2,1-3H3,(H,25,27). The summed E-state index contributed by atoms with van der Waals surface area (Å²) < 4.78 is 0. The number of hydrogen-bond acceptors (Lipinski definition) is 3. The van der Waals surface area contributed by atoms with Crippen molar-refractivity contribution in [3.05, 3.63) is 65.2 Å². The molecule has 1 unspecified atom stereocenters. The van der Waals surface area contributed by atoms with Crippen LogP contribution in [0.2, 0.25) is 0 Å². The van der Waals surface area contributed by atoms with Gasteiger partial charge in [-0.2, -0.15) is 0 Å². The summed E-state index contributed by atoms with van der Waals surface area (Å²) in [6.07, 6.45) is 1.87. The number of amides is 2. The summed E-state index contributed by atoms with van der Waals surface area (Å²) in [6, 6.07) is 15.1. The lowest BCUT2D eigenvalue weighted by Crippen LogP contribution is -2.34. The van der Waals surface area contributed by atoms with Crippen molar-refractivity contribution >= 4 is 17.5 Å². The lowest BCUT2D eigenvalue weighted by molar-refractivity contribution is -0.119. The van der Waals surface area contributed by atoms with Crippen molar-refractivity contribution in [1.82, 2.24) is 5.32 Å². The van der Waals surface area contributed by atoms with Gasteiger partial charge in [0.1, 0.15) is 0 Å². The predicted octanol–water partition coefficient (Wildman–Crippen LogP) is 3.61. The highest BCUT2D eigenvalue weighted by atomic mass is 16.2. The van der Waals surface area contributed by atoms with Gasteiger partial charge < -0.3 is 16.0 Å². The summed E-state index contributed by atoms with van der Waals surface area (Å²) in [6.45, 7) is 4.63. The molecule has 2 amide bonds. The third-order valence-electron chi connectivity index (χ3n) is 5.28. The Morgan fingerprint density at radius 3 is 2.29 bits per heavy atom. The summed E-state index contributed by atoms with van der Waals surface area (Å²) in [4.78, 5) is 26.7. The zero-order chi connectivity index (χ0) is 20.3. The molecule has 0 saturated heterocycles. The topological polar surface area (TPSA) is 75.4 Å². The van der Waals surface area contributed by atoms with Crippen LogP contribution in [0.25, 0.3) is 0 Å². The van der Waals surface area contributed by atoms with E-state index >= 15 is 0 Å². The molecule has 2 aromatic carbocycles. The third kappa shape index (κ3) is 4.60. The fraction of sp³-hybridized carbons (Fsp3) is 0.391. The average Bonchev–Trinajstić information content (AvgIpc) is 3.56. The van der Waals surface area contributed by atoms with E-state index in [-0.39, 0.29) is 23.8 Å². The summed E-state index contributed by atoms with van der Waals surface area (Å²) >= 11 is 0. The fourth-order valence-electron chi connectivity index (χ4n) is 3.22. The van der Waals surface area contributed by atoms with Crippen LogP contribution < -0.4 is 16.0 Å². The van der Waals surface area contributed by atoms with Gasteiger partial charge in [0.25, 0.3) is 5.91 Å². The molecule has 5 nitrogen and oxygen atoms in total. The lowest BCUT2D eigenvalue weighted by Gasteiger charge is -2.21. The second-order valence-corrected chi connectivity index (χ2v) is 7.83. The quantitative estimate of drug-likeness (QED) is 0.772. The zero-order valence-corrected chi connectivity index (χ0v) is 16.8. The average molecular weight is 380 g/mol. The van der Waals surface area contributed by atoms with Crippen molar-refractivity contribution in [2.75, 3.05) is 18.5 Å². The molecule has 0 heterocycles. The molecule has 0 radical (unpaired) electrons. The molecule has 0 aliphatic heterocycles. The molecule has 1 aliphatic carbocycles. The minimum atomic E-state index is -0.289. The van der Waals surface area contributed by atoms with E-state index in [9.17, 15) is 9.59 Å². The summed E-state index contributed by atoms with van der Waals surface area (Å²) in [7, 11) is 1.73. The van der Waals surface area contributed by atoms with Crippen molar-refractivity contribution in [1.29, 1.82) is 0 Å². The number of nitrogens with one attached hydrogen (secondary N) is 1. The Kier molecular flexibility index (Phi) is 6.15. The number of hydrogen-bond donors (Lipinski definition) is 2. The van der Waals surface area contributed by atoms with Gasteiger partial charge in [0.05, 0.1) is 11.3 Å². The van der Waals surface area contributed by atoms with Crippen LogP contribution in [0.3, 0.4) is 0 Å². The number of carbonyl (C=O) groups excluding carboxylic acids is 2. The van der Waals surface area contributed by atoms with Gasteiger partial charge in [-0.1, -0.05) is 50.2 Å². The summed E-state index contributed by atoms with van der Waals surface area (Å²) in [5, 5.41) is 2.91. The largest absolute Gasteiger partial charge is 0.350 e. The SMILES string of the molecule is CC(C)c1ccc(C(N)CNC(=O)c2ccccc2N(C)C(=O)C2CC2)cc1. The maximum Gasteiger partial charge on any atom is 0.253 e. The molecule has 0 spiro atoms. The molecule has 1 fully saturated rings.